The molecule has 8 nitrogen and oxygen atoms in total. The van der Waals surface area contributed by atoms with Gasteiger partial charge in [0.2, 0.25) is 11.1 Å². The van der Waals surface area contributed by atoms with Crippen molar-refractivity contribution in [2.45, 2.75) is 31.5 Å². The van der Waals surface area contributed by atoms with Gasteiger partial charge in [0.25, 0.3) is 5.78 Å². The fourth-order valence-corrected chi connectivity index (χ4v) is 4.48. The number of hydrogen-bond acceptors (Lipinski definition) is 7. The topological polar surface area (TPSA) is 78.7 Å². The molecule has 3 heterocycles. The molecule has 9 heteroatoms. The van der Waals surface area contributed by atoms with E-state index in [2.05, 4.69) is 49.4 Å². The summed E-state index contributed by atoms with van der Waals surface area (Å²) in [4.78, 5) is 27.0. The Morgan fingerprint density at radius 3 is 2.53 bits per heavy atom. The van der Waals surface area contributed by atoms with E-state index >= 15 is 0 Å². The minimum Gasteiger partial charge on any atom is -0.348 e. The van der Waals surface area contributed by atoms with E-state index in [-0.39, 0.29) is 18.4 Å². The number of piperazine rings is 1. The van der Waals surface area contributed by atoms with Gasteiger partial charge in [-0.1, -0.05) is 42.1 Å². The predicted octanol–water partition coefficient (Wildman–Crippen LogP) is 2.11. The van der Waals surface area contributed by atoms with Crippen molar-refractivity contribution in [1.29, 1.82) is 0 Å². The second-order valence-corrected chi connectivity index (χ2v) is 9.16. The molecule has 1 aliphatic rings. The first-order valence-electron chi connectivity index (χ1n) is 11.0. The fraction of sp³-hybridized carbons (Fsp3) is 0.478. The number of aryl methyl sites for hydroxylation is 2. The Labute approximate surface area is 193 Å². The molecule has 0 radical (unpaired) electrons. The van der Waals surface area contributed by atoms with Crippen molar-refractivity contribution in [2.24, 2.45) is 0 Å². The molecule has 0 saturated carbocycles. The Kier molecular flexibility index (Phi) is 7.07. The monoisotopic (exact) mass is 453 g/mol. The van der Waals surface area contributed by atoms with Crippen LogP contribution in [0, 0.1) is 13.8 Å². The zero-order valence-corrected chi connectivity index (χ0v) is 20.0. The average molecular weight is 454 g/mol. The Bertz CT molecular complexity index is 1080. The highest BCUT2D eigenvalue weighted by Gasteiger charge is 2.22. The molecule has 3 aromatic rings. The number of fused-ring (bicyclic) bond motifs is 1. The first-order valence-corrected chi connectivity index (χ1v) is 12.2. The molecule has 32 heavy (non-hydrogen) atoms. The molecule has 1 amide bonds. The second kappa shape index (κ2) is 9.97. The SMILES string of the molecule is CSc1nc2nc(C)c(CC(=O)NC(CN3CCN(C)CC3)c3ccccc3)c(C)n2n1. The van der Waals surface area contributed by atoms with Gasteiger partial charge in [0.15, 0.2) is 0 Å². The average Bonchev–Trinajstić information content (AvgIpc) is 3.21. The molecule has 0 bridgehead atoms. The Hall–Kier alpha value is -2.49. The minimum absolute atomic E-state index is 0.00876. The zero-order valence-electron chi connectivity index (χ0n) is 19.2. The van der Waals surface area contributed by atoms with Gasteiger partial charge in [-0.05, 0) is 32.7 Å². The van der Waals surface area contributed by atoms with Gasteiger partial charge in [-0.2, -0.15) is 4.98 Å². The molecule has 170 valence electrons. The molecule has 4 rings (SSSR count). The lowest BCUT2D eigenvalue weighted by atomic mass is 10.0. The first-order chi connectivity index (χ1) is 15.4. The summed E-state index contributed by atoms with van der Waals surface area (Å²) < 4.78 is 1.74. The van der Waals surface area contributed by atoms with Gasteiger partial charge in [-0.3, -0.25) is 9.69 Å². The van der Waals surface area contributed by atoms with Crippen LogP contribution in [0.2, 0.25) is 0 Å². The van der Waals surface area contributed by atoms with Crippen LogP contribution in [0.4, 0.5) is 0 Å². The summed E-state index contributed by atoms with van der Waals surface area (Å²) in [7, 11) is 2.15. The van der Waals surface area contributed by atoms with Gasteiger partial charge in [-0.25, -0.2) is 9.50 Å². The summed E-state index contributed by atoms with van der Waals surface area (Å²) in [5.41, 5.74) is 3.76. The van der Waals surface area contributed by atoms with Crippen LogP contribution in [0.25, 0.3) is 5.78 Å². The molecular formula is C23H31N7OS. The normalized spacial score (nSPS) is 16.4. The number of hydrogen-bond donors (Lipinski definition) is 1. The molecule has 1 fully saturated rings. The van der Waals surface area contributed by atoms with Crippen LogP contribution in [-0.2, 0) is 11.2 Å². The van der Waals surface area contributed by atoms with Gasteiger partial charge < -0.3 is 10.2 Å². The number of likely N-dealkylation sites (N-methyl/N-ethyl adjacent to an activating group) is 1. The number of rotatable bonds is 7. The molecule has 0 spiro atoms. The van der Waals surface area contributed by atoms with E-state index in [1.54, 1.807) is 4.52 Å². The molecule has 1 unspecified atom stereocenters. The van der Waals surface area contributed by atoms with Gasteiger partial charge in [0, 0.05) is 49.7 Å². The van der Waals surface area contributed by atoms with E-state index in [4.69, 9.17) is 0 Å². The summed E-state index contributed by atoms with van der Waals surface area (Å²) in [6.45, 7) is 8.84. The van der Waals surface area contributed by atoms with Crippen molar-refractivity contribution in [2.75, 3.05) is 46.0 Å². The fourth-order valence-electron chi connectivity index (χ4n) is 4.15. The van der Waals surface area contributed by atoms with Crippen LogP contribution >= 0.6 is 11.8 Å². The lowest BCUT2D eigenvalue weighted by molar-refractivity contribution is -0.121. The number of benzene rings is 1. The summed E-state index contributed by atoms with van der Waals surface area (Å²) >= 11 is 1.48. The van der Waals surface area contributed by atoms with Gasteiger partial charge in [-0.15, -0.1) is 5.10 Å². The lowest BCUT2D eigenvalue weighted by Gasteiger charge is -2.35. The smallest absolute Gasteiger partial charge is 0.253 e. The minimum atomic E-state index is -0.0566. The standard InChI is InChI=1S/C23H31N7OS/c1-16-19(17(2)30-22(24-16)26-23(27-30)32-4)14-21(31)25-20(18-8-6-5-7-9-18)15-29-12-10-28(3)11-13-29/h5-9,20H,10-15H2,1-4H3,(H,25,31). The van der Waals surface area contributed by atoms with Crippen molar-refractivity contribution in [1.82, 2.24) is 34.7 Å². The molecule has 1 atom stereocenters. The number of nitrogens with one attached hydrogen (secondary N) is 1. The third kappa shape index (κ3) is 5.11. The van der Waals surface area contributed by atoms with Crippen molar-refractivity contribution in [3.05, 3.63) is 52.8 Å². The van der Waals surface area contributed by atoms with Crippen LogP contribution in [0.3, 0.4) is 0 Å². The van der Waals surface area contributed by atoms with E-state index in [0.29, 0.717) is 10.9 Å². The lowest BCUT2D eigenvalue weighted by Crippen LogP contribution is -2.48. The molecule has 1 saturated heterocycles. The number of aromatic nitrogens is 4. The highest BCUT2D eigenvalue weighted by atomic mass is 32.2. The number of carbonyl (C=O) groups excluding carboxylic acids is 1. The third-order valence-electron chi connectivity index (χ3n) is 6.12. The third-order valence-corrected chi connectivity index (χ3v) is 6.66. The Morgan fingerprint density at radius 1 is 1.12 bits per heavy atom. The summed E-state index contributed by atoms with van der Waals surface area (Å²) in [6, 6.07) is 10.2. The van der Waals surface area contributed by atoms with E-state index in [9.17, 15) is 4.79 Å². The van der Waals surface area contributed by atoms with E-state index in [0.717, 1.165) is 55.2 Å². The maximum absolute atomic E-state index is 13.2. The highest BCUT2D eigenvalue weighted by molar-refractivity contribution is 7.98. The van der Waals surface area contributed by atoms with Crippen LogP contribution in [0.1, 0.15) is 28.6 Å². The molecule has 1 aromatic carbocycles. The van der Waals surface area contributed by atoms with Gasteiger partial charge >= 0.3 is 0 Å². The van der Waals surface area contributed by atoms with Crippen molar-refractivity contribution >= 4 is 23.4 Å². The second-order valence-electron chi connectivity index (χ2n) is 8.38. The van der Waals surface area contributed by atoms with Crippen LogP contribution in [0.15, 0.2) is 35.5 Å². The summed E-state index contributed by atoms with van der Waals surface area (Å²) in [6.07, 6.45) is 2.20. The molecule has 1 N–H and O–H groups in total. The number of carbonyl (C=O) groups is 1. The maximum atomic E-state index is 13.2. The molecular weight excluding hydrogens is 422 g/mol. The van der Waals surface area contributed by atoms with Crippen molar-refractivity contribution < 1.29 is 4.79 Å². The predicted molar refractivity (Wildman–Crippen MR) is 127 cm³/mol. The summed E-state index contributed by atoms with van der Waals surface area (Å²) in [5.74, 6) is 0.566. The van der Waals surface area contributed by atoms with E-state index in [1.165, 1.54) is 11.8 Å². The first kappa shape index (κ1) is 22.7. The highest BCUT2D eigenvalue weighted by Crippen LogP contribution is 2.19. The van der Waals surface area contributed by atoms with Crippen LogP contribution in [-0.4, -0.2) is 81.3 Å². The number of thioether (sulfide) groups is 1. The Morgan fingerprint density at radius 2 is 1.84 bits per heavy atom. The quantitative estimate of drug-likeness (QED) is 0.549. The van der Waals surface area contributed by atoms with E-state index < -0.39 is 0 Å². The Balaban J connectivity index is 1.52. The summed E-state index contributed by atoms with van der Waals surface area (Å²) in [5, 5.41) is 8.46. The largest absolute Gasteiger partial charge is 0.348 e. The molecule has 0 aliphatic carbocycles. The van der Waals surface area contributed by atoms with Crippen molar-refractivity contribution in [3.8, 4) is 0 Å². The van der Waals surface area contributed by atoms with Crippen LogP contribution < -0.4 is 5.32 Å². The van der Waals surface area contributed by atoms with Crippen LogP contribution in [0.5, 0.6) is 0 Å². The molecule has 1 aliphatic heterocycles. The van der Waals surface area contributed by atoms with Crippen molar-refractivity contribution in [3.63, 3.8) is 0 Å². The zero-order chi connectivity index (χ0) is 22.7. The molecule has 2 aromatic heterocycles. The maximum Gasteiger partial charge on any atom is 0.253 e. The van der Waals surface area contributed by atoms with E-state index in [1.807, 2.05) is 38.3 Å². The number of amides is 1. The van der Waals surface area contributed by atoms with Gasteiger partial charge in [0.1, 0.15) is 0 Å². The number of nitrogens with zero attached hydrogens (tertiary/aromatic N) is 6. The van der Waals surface area contributed by atoms with Gasteiger partial charge in [0.05, 0.1) is 12.5 Å².